The van der Waals surface area contributed by atoms with E-state index in [0.29, 0.717) is 60.1 Å². The molecule has 1 spiro atoms. The minimum atomic E-state index is -0.694. The Kier molecular flexibility index (Phi) is 5.73. The summed E-state index contributed by atoms with van der Waals surface area (Å²) in [5, 5.41) is 2.58. The van der Waals surface area contributed by atoms with Crippen LogP contribution in [0.15, 0.2) is 30.5 Å². The molecule has 1 aromatic carbocycles. The van der Waals surface area contributed by atoms with Crippen LogP contribution in [0, 0.1) is 0 Å². The standard InChI is InChI=1S/C23H25N3O6/c1-14(27)25-19-12-15(6-9-24-19)22(29)26-10-7-23(8-11-26)13-17(28)16-4-5-18(30-2)21(31-3)20(16)32-23/h4-6,9,12H,7-8,10-11,13H2,1-3H3,(H,24,25,27). The molecule has 9 heteroatoms. The first-order valence-electron chi connectivity index (χ1n) is 10.4. The van der Waals surface area contributed by atoms with Gasteiger partial charge >= 0.3 is 0 Å². The number of piperidine rings is 1. The molecule has 0 atom stereocenters. The zero-order valence-electron chi connectivity index (χ0n) is 18.3. The molecule has 0 saturated carbocycles. The summed E-state index contributed by atoms with van der Waals surface area (Å²) in [6, 6.07) is 6.57. The number of pyridine rings is 1. The molecule has 2 aliphatic heterocycles. The maximum atomic E-state index is 13.0. The van der Waals surface area contributed by atoms with E-state index in [1.807, 2.05) is 0 Å². The number of aromatic nitrogens is 1. The highest BCUT2D eigenvalue weighted by Gasteiger charge is 2.45. The number of benzene rings is 1. The van der Waals surface area contributed by atoms with E-state index >= 15 is 0 Å². The molecule has 1 fully saturated rings. The second-order valence-electron chi connectivity index (χ2n) is 7.97. The first-order chi connectivity index (χ1) is 15.4. The lowest BCUT2D eigenvalue weighted by Gasteiger charge is -2.44. The normalized spacial score (nSPS) is 16.7. The Balaban J connectivity index is 1.51. The van der Waals surface area contributed by atoms with E-state index in [4.69, 9.17) is 14.2 Å². The number of ketones is 1. The highest BCUT2D eigenvalue weighted by atomic mass is 16.5. The molecule has 0 aliphatic carbocycles. The number of anilines is 1. The van der Waals surface area contributed by atoms with E-state index in [-0.39, 0.29) is 24.0 Å². The van der Waals surface area contributed by atoms with Crippen molar-refractivity contribution in [3.05, 3.63) is 41.6 Å². The summed E-state index contributed by atoms with van der Waals surface area (Å²) in [4.78, 5) is 42.9. The van der Waals surface area contributed by atoms with Crippen molar-refractivity contribution in [2.24, 2.45) is 0 Å². The average molecular weight is 439 g/mol. The van der Waals surface area contributed by atoms with Crippen LogP contribution in [0.4, 0.5) is 5.82 Å². The molecule has 1 aromatic heterocycles. The van der Waals surface area contributed by atoms with Crippen molar-refractivity contribution in [3.63, 3.8) is 0 Å². The Morgan fingerprint density at radius 3 is 2.56 bits per heavy atom. The van der Waals surface area contributed by atoms with Gasteiger partial charge < -0.3 is 24.4 Å². The number of nitrogens with one attached hydrogen (secondary N) is 1. The molecule has 0 unspecified atom stereocenters. The Morgan fingerprint density at radius 2 is 1.91 bits per heavy atom. The van der Waals surface area contributed by atoms with Crippen molar-refractivity contribution >= 4 is 23.4 Å². The molecule has 2 aromatic rings. The van der Waals surface area contributed by atoms with Gasteiger partial charge in [-0.25, -0.2) is 4.98 Å². The van der Waals surface area contributed by atoms with Gasteiger partial charge in [0, 0.05) is 44.6 Å². The van der Waals surface area contributed by atoms with Crippen LogP contribution < -0.4 is 19.5 Å². The highest BCUT2D eigenvalue weighted by molar-refractivity contribution is 6.02. The van der Waals surface area contributed by atoms with Crippen LogP contribution in [0.25, 0.3) is 0 Å². The van der Waals surface area contributed by atoms with Gasteiger partial charge in [0.15, 0.2) is 17.3 Å². The SMILES string of the molecule is COc1ccc2c(c1OC)OC1(CCN(C(=O)c3ccnc(NC(C)=O)c3)CC1)CC2=O. The molecule has 3 heterocycles. The topological polar surface area (TPSA) is 107 Å². The van der Waals surface area contributed by atoms with Gasteiger partial charge in [-0.1, -0.05) is 0 Å². The van der Waals surface area contributed by atoms with Crippen LogP contribution in [0.3, 0.4) is 0 Å². The summed E-state index contributed by atoms with van der Waals surface area (Å²) >= 11 is 0. The summed E-state index contributed by atoms with van der Waals surface area (Å²) in [5.41, 5.74) is 0.228. The fraction of sp³-hybridized carbons (Fsp3) is 0.391. The van der Waals surface area contributed by atoms with Crippen LogP contribution >= 0.6 is 0 Å². The van der Waals surface area contributed by atoms with Gasteiger partial charge in [-0.2, -0.15) is 0 Å². The van der Waals surface area contributed by atoms with Gasteiger partial charge in [-0.15, -0.1) is 0 Å². The zero-order valence-corrected chi connectivity index (χ0v) is 18.3. The average Bonchev–Trinajstić information content (AvgIpc) is 2.78. The molecule has 168 valence electrons. The van der Waals surface area contributed by atoms with E-state index in [9.17, 15) is 14.4 Å². The number of carbonyl (C=O) groups excluding carboxylic acids is 3. The number of nitrogens with zero attached hydrogens (tertiary/aromatic N) is 2. The van der Waals surface area contributed by atoms with Crippen molar-refractivity contribution in [2.75, 3.05) is 32.6 Å². The number of likely N-dealkylation sites (tertiary alicyclic amines) is 1. The number of hydrogen-bond acceptors (Lipinski definition) is 7. The molecule has 0 radical (unpaired) electrons. The molecular formula is C23H25N3O6. The highest BCUT2D eigenvalue weighted by Crippen LogP contribution is 2.47. The predicted octanol–water partition coefficient (Wildman–Crippen LogP) is 2.70. The van der Waals surface area contributed by atoms with E-state index in [2.05, 4.69) is 10.3 Å². The summed E-state index contributed by atoms with van der Waals surface area (Å²) in [5.74, 6) is 1.20. The first kappa shape index (κ1) is 21.6. The lowest BCUT2D eigenvalue weighted by atomic mass is 9.82. The molecule has 32 heavy (non-hydrogen) atoms. The molecule has 2 aliphatic rings. The third-order valence-corrected chi connectivity index (χ3v) is 5.87. The van der Waals surface area contributed by atoms with Crippen molar-refractivity contribution in [3.8, 4) is 17.2 Å². The van der Waals surface area contributed by atoms with Gasteiger partial charge in [0.1, 0.15) is 11.4 Å². The number of hydrogen-bond donors (Lipinski definition) is 1. The fourth-order valence-corrected chi connectivity index (χ4v) is 4.25. The zero-order chi connectivity index (χ0) is 22.9. The first-order valence-corrected chi connectivity index (χ1v) is 10.4. The van der Waals surface area contributed by atoms with Crippen LogP contribution in [0.2, 0.25) is 0 Å². The van der Waals surface area contributed by atoms with Crippen molar-refractivity contribution in [2.45, 2.75) is 31.8 Å². The molecule has 4 rings (SSSR count). The van der Waals surface area contributed by atoms with Gasteiger partial charge in [0.25, 0.3) is 5.91 Å². The van der Waals surface area contributed by atoms with Crippen LogP contribution in [-0.2, 0) is 4.79 Å². The van der Waals surface area contributed by atoms with Gasteiger partial charge in [-0.05, 0) is 24.3 Å². The number of methoxy groups -OCH3 is 2. The Morgan fingerprint density at radius 1 is 1.16 bits per heavy atom. The minimum absolute atomic E-state index is 0.0129. The predicted molar refractivity (Wildman–Crippen MR) is 116 cm³/mol. The van der Waals surface area contributed by atoms with Crippen LogP contribution in [-0.4, -0.2) is 60.4 Å². The van der Waals surface area contributed by atoms with E-state index in [1.54, 1.807) is 29.2 Å². The molecule has 1 N–H and O–H groups in total. The monoisotopic (exact) mass is 439 g/mol. The smallest absolute Gasteiger partial charge is 0.254 e. The number of rotatable bonds is 4. The molecule has 2 amide bonds. The molecule has 1 saturated heterocycles. The summed E-state index contributed by atoms with van der Waals surface area (Å²) < 4.78 is 17.2. The third kappa shape index (κ3) is 3.98. The molecule has 9 nitrogen and oxygen atoms in total. The van der Waals surface area contributed by atoms with Crippen molar-refractivity contribution < 1.29 is 28.6 Å². The fourth-order valence-electron chi connectivity index (χ4n) is 4.25. The van der Waals surface area contributed by atoms with Gasteiger partial charge in [0.2, 0.25) is 11.7 Å². The van der Waals surface area contributed by atoms with Gasteiger partial charge in [0.05, 0.1) is 26.2 Å². The summed E-state index contributed by atoms with van der Waals surface area (Å²) in [6.45, 7) is 2.26. The number of amides is 2. The number of carbonyl (C=O) groups is 3. The number of Topliss-reactive ketones (excluding diaryl/α,β-unsaturated/α-hetero) is 1. The maximum Gasteiger partial charge on any atom is 0.254 e. The van der Waals surface area contributed by atoms with E-state index in [1.165, 1.54) is 27.3 Å². The number of ether oxygens (including phenoxy) is 3. The maximum absolute atomic E-state index is 13.0. The largest absolute Gasteiger partial charge is 0.493 e. The van der Waals surface area contributed by atoms with E-state index in [0.717, 1.165) is 0 Å². The summed E-state index contributed by atoms with van der Waals surface area (Å²) in [6.07, 6.45) is 2.75. The van der Waals surface area contributed by atoms with Gasteiger partial charge in [-0.3, -0.25) is 14.4 Å². The Labute approximate surface area is 185 Å². The third-order valence-electron chi connectivity index (χ3n) is 5.87. The van der Waals surface area contributed by atoms with E-state index < -0.39 is 5.60 Å². The lowest BCUT2D eigenvalue weighted by molar-refractivity contribution is -0.114. The van der Waals surface area contributed by atoms with Crippen molar-refractivity contribution in [1.82, 2.24) is 9.88 Å². The van der Waals surface area contributed by atoms with Crippen LogP contribution in [0.1, 0.15) is 46.9 Å². The second kappa shape index (κ2) is 8.49. The Bertz CT molecular complexity index is 1080. The number of fused-ring (bicyclic) bond motifs is 1. The lowest BCUT2D eigenvalue weighted by Crippen LogP contribution is -2.52. The quantitative estimate of drug-likeness (QED) is 0.780. The Hall–Kier alpha value is -3.62. The van der Waals surface area contributed by atoms with Crippen LogP contribution in [0.5, 0.6) is 17.2 Å². The molecular weight excluding hydrogens is 414 g/mol. The minimum Gasteiger partial charge on any atom is -0.493 e. The second-order valence-corrected chi connectivity index (χ2v) is 7.97. The summed E-state index contributed by atoms with van der Waals surface area (Å²) in [7, 11) is 3.05. The molecule has 0 bridgehead atoms. The van der Waals surface area contributed by atoms with Crippen molar-refractivity contribution in [1.29, 1.82) is 0 Å².